The van der Waals surface area contributed by atoms with Crippen molar-refractivity contribution in [3.8, 4) is 0 Å². The molecular weight excluding hydrogens is 295 g/mol. The molecule has 5 heteroatoms. The van der Waals surface area contributed by atoms with Crippen LogP contribution < -0.4 is 0 Å². The summed E-state index contributed by atoms with van der Waals surface area (Å²) >= 11 is 1.69. The first-order valence-electron chi connectivity index (χ1n) is 3.84. The van der Waals surface area contributed by atoms with E-state index < -0.39 is 0 Å². The molecule has 0 fully saturated rings. The maximum absolute atomic E-state index is 11.0. The van der Waals surface area contributed by atoms with Crippen LogP contribution in [0.5, 0.6) is 0 Å². The Kier molecular flexibility index (Phi) is 2.32. The highest BCUT2D eigenvalue weighted by atomic mass is 127. The zero-order valence-corrected chi connectivity index (χ0v) is 9.11. The van der Waals surface area contributed by atoms with E-state index in [-0.39, 0.29) is 3.79 Å². The van der Waals surface area contributed by atoms with Crippen molar-refractivity contribution in [2.24, 2.45) is 0 Å². The Bertz CT molecular complexity index is 519. The number of aldehydes is 1. The van der Waals surface area contributed by atoms with Crippen molar-refractivity contribution >= 4 is 43.7 Å². The fourth-order valence-corrected chi connectivity index (χ4v) is 1.49. The Morgan fingerprint density at radius 3 is 2.93 bits per heavy atom. The zero-order valence-electron chi connectivity index (χ0n) is 6.95. The van der Waals surface area contributed by atoms with E-state index in [4.69, 9.17) is 0 Å². The van der Waals surface area contributed by atoms with Crippen LogP contribution in [0.2, 0.25) is 0 Å². The molecule has 0 aromatic carbocycles. The summed E-state index contributed by atoms with van der Waals surface area (Å²) in [5.74, 6) is 0. The number of hydrogen-bond acceptors (Lipinski definition) is 3. The third kappa shape index (κ3) is 1.54. The Hall–Kier alpha value is -1.24. The van der Waals surface area contributed by atoms with E-state index in [1.807, 2.05) is 0 Å². The van der Waals surface area contributed by atoms with Crippen LogP contribution >= 0.6 is 22.6 Å². The SMILES string of the molecule is O=Cc1cnc2[nH]c(C(=O)I)cc2c1. The maximum Gasteiger partial charge on any atom is 0.238 e. The van der Waals surface area contributed by atoms with Gasteiger partial charge in [0.1, 0.15) is 5.65 Å². The molecule has 0 aliphatic rings. The van der Waals surface area contributed by atoms with Crippen molar-refractivity contribution in [3.63, 3.8) is 0 Å². The van der Waals surface area contributed by atoms with Crippen LogP contribution in [0.4, 0.5) is 0 Å². The smallest absolute Gasteiger partial charge is 0.238 e. The van der Waals surface area contributed by atoms with E-state index in [1.165, 1.54) is 6.20 Å². The Balaban J connectivity index is 2.65. The van der Waals surface area contributed by atoms with Crippen molar-refractivity contribution in [1.29, 1.82) is 0 Å². The van der Waals surface area contributed by atoms with Gasteiger partial charge in [0.2, 0.25) is 3.79 Å². The molecule has 0 aliphatic carbocycles. The number of carbonyl (C=O) groups excluding carboxylic acids is 2. The normalized spacial score (nSPS) is 10.4. The number of hydrogen-bond donors (Lipinski definition) is 1. The zero-order chi connectivity index (χ0) is 10.1. The Labute approximate surface area is 92.9 Å². The van der Waals surface area contributed by atoms with Gasteiger partial charge in [-0.1, -0.05) is 0 Å². The van der Waals surface area contributed by atoms with Gasteiger partial charge in [0.15, 0.2) is 6.29 Å². The van der Waals surface area contributed by atoms with Crippen LogP contribution in [0.25, 0.3) is 11.0 Å². The van der Waals surface area contributed by atoms with Gasteiger partial charge >= 0.3 is 0 Å². The highest BCUT2D eigenvalue weighted by Crippen LogP contribution is 2.15. The van der Waals surface area contributed by atoms with Gasteiger partial charge in [-0.25, -0.2) is 4.98 Å². The molecule has 0 spiro atoms. The Morgan fingerprint density at radius 2 is 2.29 bits per heavy atom. The van der Waals surface area contributed by atoms with E-state index in [0.717, 1.165) is 11.7 Å². The molecule has 0 aliphatic heterocycles. The standard InChI is InChI=1S/C9H5IN2O2/c10-8(14)7-2-6-1-5(4-13)3-11-9(6)12-7/h1-4H,(H,11,12). The lowest BCUT2D eigenvalue weighted by Crippen LogP contribution is -1.86. The summed E-state index contributed by atoms with van der Waals surface area (Å²) in [5, 5.41) is 0.773. The number of nitrogens with zero attached hydrogens (tertiary/aromatic N) is 1. The third-order valence-corrected chi connectivity index (χ3v) is 2.42. The summed E-state index contributed by atoms with van der Waals surface area (Å²) in [5.41, 5.74) is 1.62. The van der Waals surface area contributed by atoms with E-state index in [9.17, 15) is 9.59 Å². The topological polar surface area (TPSA) is 62.8 Å². The molecule has 0 atom stereocenters. The molecule has 0 radical (unpaired) electrons. The van der Waals surface area contributed by atoms with Crippen LogP contribution in [-0.2, 0) is 0 Å². The quantitative estimate of drug-likeness (QED) is 0.524. The van der Waals surface area contributed by atoms with Crippen LogP contribution in [0.1, 0.15) is 20.8 Å². The van der Waals surface area contributed by atoms with Gasteiger partial charge < -0.3 is 4.98 Å². The van der Waals surface area contributed by atoms with E-state index in [0.29, 0.717) is 16.9 Å². The van der Waals surface area contributed by atoms with Gasteiger partial charge in [-0.3, -0.25) is 9.59 Å². The average Bonchev–Trinajstić information content (AvgIpc) is 2.59. The summed E-state index contributed by atoms with van der Waals surface area (Å²) in [6.07, 6.45) is 2.19. The fourth-order valence-electron chi connectivity index (χ4n) is 1.20. The Morgan fingerprint density at radius 1 is 1.50 bits per heavy atom. The number of nitrogens with one attached hydrogen (secondary N) is 1. The lowest BCUT2D eigenvalue weighted by atomic mass is 10.2. The molecule has 1 N–H and O–H groups in total. The first-order chi connectivity index (χ1) is 6.70. The monoisotopic (exact) mass is 300 g/mol. The van der Waals surface area contributed by atoms with Crippen LogP contribution in [0, 0.1) is 0 Å². The highest BCUT2D eigenvalue weighted by molar-refractivity contribution is 14.1. The minimum Gasteiger partial charge on any atom is -0.336 e. The van der Waals surface area contributed by atoms with Gasteiger partial charge in [0, 0.05) is 39.7 Å². The van der Waals surface area contributed by atoms with Crippen LogP contribution in [0.15, 0.2) is 18.3 Å². The molecule has 0 unspecified atom stereocenters. The molecule has 2 aromatic heterocycles. The molecule has 0 amide bonds. The number of aromatic amines is 1. The van der Waals surface area contributed by atoms with Gasteiger partial charge in [-0.2, -0.15) is 0 Å². The molecule has 2 rings (SSSR count). The minimum atomic E-state index is -0.0757. The minimum absolute atomic E-state index is 0.0757. The molecule has 0 saturated carbocycles. The molecule has 14 heavy (non-hydrogen) atoms. The fraction of sp³-hybridized carbons (Fsp3) is 0. The number of pyridine rings is 1. The number of carbonyl (C=O) groups is 2. The van der Waals surface area contributed by atoms with E-state index >= 15 is 0 Å². The second-order valence-corrected chi connectivity index (χ2v) is 3.76. The van der Waals surface area contributed by atoms with E-state index in [1.54, 1.807) is 34.7 Å². The third-order valence-electron chi connectivity index (χ3n) is 1.84. The van der Waals surface area contributed by atoms with Crippen molar-refractivity contribution in [2.75, 3.05) is 0 Å². The van der Waals surface area contributed by atoms with Crippen molar-refractivity contribution < 1.29 is 9.59 Å². The second-order valence-electron chi connectivity index (χ2n) is 2.78. The summed E-state index contributed by atoms with van der Waals surface area (Å²) < 4.78 is -0.0757. The molecular formula is C9H5IN2O2. The molecule has 0 saturated heterocycles. The lowest BCUT2D eigenvalue weighted by molar-refractivity contribution is 0.110. The van der Waals surface area contributed by atoms with Gasteiger partial charge in [-0.15, -0.1) is 0 Å². The first-order valence-corrected chi connectivity index (χ1v) is 4.92. The van der Waals surface area contributed by atoms with Crippen LogP contribution in [-0.4, -0.2) is 20.0 Å². The summed E-state index contributed by atoms with van der Waals surface area (Å²) in [4.78, 5) is 28.4. The maximum atomic E-state index is 11.0. The van der Waals surface area contributed by atoms with Crippen molar-refractivity contribution in [1.82, 2.24) is 9.97 Å². The predicted octanol–water partition coefficient (Wildman–Crippen LogP) is 1.95. The molecule has 70 valence electrons. The lowest BCUT2D eigenvalue weighted by Gasteiger charge is -1.88. The number of aromatic nitrogens is 2. The highest BCUT2D eigenvalue weighted by Gasteiger charge is 2.06. The average molecular weight is 300 g/mol. The molecule has 0 bridgehead atoms. The number of rotatable bonds is 2. The van der Waals surface area contributed by atoms with E-state index in [2.05, 4.69) is 9.97 Å². The molecule has 2 heterocycles. The second kappa shape index (κ2) is 3.49. The summed E-state index contributed by atoms with van der Waals surface area (Å²) in [6, 6.07) is 3.37. The largest absolute Gasteiger partial charge is 0.336 e. The van der Waals surface area contributed by atoms with Gasteiger partial charge in [-0.05, 0) is 12.1 Å². The number of H-pyrrole nitrogens is 1. The summed E-state index contributed by atoms with van der Waals surface area (Å²) in [7, 11) is 0. The predicted molar refractivity (Wildman–Crippen MR) is 59.8 cm³/mol. The molecule has 2 aromatic rings. The molecule has 4 nitrogen and oxygen atoms in total. The van der Waals surface area contributed by atoms with Crippen molar-refractivity contribution in [3.05, 3.63) is 29.6 Å². The first kappa shape index (κ1) is 9.32. The van der Waals surface area contributed by atoms with Crippen LogP contribution in [0.3, 0.4) is 0 Å². The van der Waals surface area contributed by atoms with Gasteiger partial charge in [0.25, 0.3) is 0 Å². The van der Waals surface area contributed by atoms with Gasteiger partial charge in [0.05, 0.1) is 5.69 Å². The number of fused-ring (bicyclic) bond motifs is 1. The van der Waals surface area contributed by atoms with Crippen molar-refractivity contribution in [2.45, 2.75) is 0 Å². The number of halogens is 1. The summed E-state index contributed by atoms with van der Waals surface area (Å²) in [6.45, 7) is 0.